The highest BCUT2D eigenvalue weighted by molar-refractivity contribution is 8.44. The summed E-state index contributed by atoms with van der Waals surface area (Å²) in [5, 5.41) is 19.8. The number of amides is 6. The van der Waals surface area contributed by atoms with Gasteiger partial charge in [0.1, 0.15) is 37.4 Å². The number of nitrogens with zero attached hydrogens (tertiary/aromatic N) is 7. The minimum atomic E-state index is -4.36. The maximum atomic E-state index is 14.0. The van der Waals surface area contributed by atoms with Crippen molar-refractivity contribution < 1.29 is 80.4 Å². The van der Waals surface area contributed by atoms with Crippen LogP contribution in [-0.2, 0) is 92.3 Å². The third kappa shape index (κ3) is 17.7. The number of benzene rings is 2. The maximum Gasteiger partial charge on any atom is 0.410 e. The average molecular weight is 1320 g/mol. The van der Waals surface area contributed by atoms with Gasteiger partial charge < -0.3 is 53.3 Å². The number of nitrogens with one attached hydrogen (secondary N) is 4. The van der Waals surface area contributed by atoms with E-state index in [0.717, 1.165) is 4.90 Å². The fourth-order valence-corrected chi connectivity index (χ4v) is 13.6. The van der Waals surface area contributed by atoms with Crippen LogP contribution in [0, 0.1) is 17.8 Å². The fourth-order valence-electron chi connectivity index (χ4n) is 10.6. The number of carbonyl (C=O) groups is 7. The number of fused-ring (bicyclic) bond motifs is 4. The summed E-state index contributed by atoms with van der Waals surface area (Å²) in [4.78, 5) is 136. The lowest BCUT2D eigenvalue weighted by molar-refractivity contribution is -0.137. The highest BCUT2D eigenvalue weighted by Gasteiger charge is 2.51. The van der Waals surface area contributed by atoms with Crippen LogP contribution in [0.5, 0.6) is 5.88 Å². The molecule has 3 aromatic heterocycles. The molecule has 3 aliphatic heterocycles. The molecule has 0 spiro atoms. The van der Waals surface area contributed by atoms with Crippen LogP contribution in [0.25, 0.3) is 11.2 Å². The van der Waals surface area contributed by atoms with E-state index in [1.807, 2.05) is 0 Å². The molecule has 33 heteroatoms. The first-order valence-corrected chi connectivity index (χ1v) is 34.2. The number of imidazole rings is 1. The monoisotopic (exact) mass is 1320 g/mol. The van der Waals surface area contributed by atoms with Gasteiger partial charge in [-0.05, 0) is 65.8 Å². The van der Waals surface area contributed by atoms with Crippen molar-refractivity contribution in [1.29, 1.82) is 0 Å². The highest BCUT2D eigenvalue weighted by Crippen LogP contribution is 2.59. The Hall–Kier alpha value is -7.15. The molecular formula is C57H69N11O18P2S2. The number of ether oxygens (including phenoxy) is 3. The number of hydrogen-bond donors (Lipinski definition) is 7. The molecule has 4 aliphatic rings. The Morgan fingerprint density at radius 3 is 2.38 bits per heavy atom. The van der Waals surface area contributed by atoms with Crippen molar-refractivity contribution in [2.45, 2.75) is 128 Å². The number of aromatic nitrogens is 6. The molecule has 9 rings (SSSR count). The number of aliphatic hydroxyl groups is 1. The Balaban J connectivity index is 0.748. The number of hydrogen-bond acceptors (Lipinski definition) is 22. The number of H-pyrrole nitrogens is 1. The minimum Gasteiger partial charge on any atom is -0.474 e. The lowest BCUT2D eigenvalue weighted by Gasteiger charge is -2.27. The van der Waals surface area contributed by atoms with E-state index in [9.17, 15) is 52.9 Å². The Labute approximate surface area is 526 Å². The summed E-state index contributed by atoms with van der Waals surface area (Å²) < 4.78 is 56.2. The van der Waals surface area contributed by atoms with E-state index < -0.39 is 98.2 Å². The van der Waals surface area contributed by atoms with Crippen LogP contribution in [0.3, 0.4) is 0 Å². The van der Waals surface area contributed by atoms with Gasteiger partial charge in [-0.25, -0.2) is 24.3 Å². The van der Waals surface area contributed by atoms with Gasteiger partial charge in [0.05, 0.1) is 38.1 Å². The summed E-state index contributed by atoms with van der Waals surface area (Å²) in [6.07, 6.45) is 0.618. The molecule has 1 aliphatic carbocycles. The zero-order valence-electron chi connectivity index (χ0n) is 49.4. The Morgan fingerprint density at radius 2 is 1.66 bits per heavy atom. The van der Waals surface area contributed by atoms with Crippen molar-refractivity contribution in [2.75, 3.05) is 37.4 Å². The predicted octanol–water partition coefficient (Wildman–Crippen LogP) is 5.21. The first kappa shape index (κ1) is 67.2. The molecule has 90 heavy (non-hydrogen) atoms. The molecule has 2 bridgehead atoms. The normalized spacial score (nSPS) is 24.9. The van der Waals surface area contributed by atoms with Crippen LogP contribution in [-0.4, -0.2) is 154 Å². The van der Waals surface area contributed by atoms with Gasteiger partial charge in [0.25, 0.3) is 17.4 Å². The summed E-state index contributed by atoms with van der Waals surface area (Å²) in [6, 6.07) is 14.2. The molecule has 1 saturated carbocycles. The van der Waals surface area contributed by atoms with E-state index >= 15 is 0 Å². The number of aromatic amines is 1. The fraction of sp³-hybridized carbons (Fsp3) is 0.474. The van der Waals surface area contributed by atoms with Gasteiger partial charge in [-0.3, -0.25) is 57.9 Å². The minimum absolute atomic E-state index is 0.0281. The summed E-state index contributed by atoms with van der Waals surface area (Å²) in [7, 11) is 1.52. The first-order valence-electron chi connectivity index (χ1n) is 28.9. The molecule has 482 valence electrons. The van der Waals surface area contributed by atoms with Crippen LogP contribution >= 0.6 is 25.8 Å². The van der Waals surface area contributed by atoms with Gasteiger partial charge in [0.15, 0.2) is 23.2 Å². The Morgan fingerprint density at radius 1 is 0.911 bits per heavy atom. The third-order valence-corrected chi connectivity index (χ3v) is 18.5. The smallest absolute Gasteiger partial charge is 0.410 e. The van der Waals surface area contributed by atoms with E-state index in [0.29, 0.717) is 53.9 Å². The van der Waals surface area contributed by atoms with Crippen molar-refractivity contribution in [3.63, 3.8) is 0 Å². The van der Waals surface area contributed by atoms with Crippen molar-refractivity contribution in [1.82, 2.24) is 44.6 Å². The molecule has 2 saturated heterocycles. The predicted molar refractivity (Wildman–Crippen MR) is 327 cm³/mol. The van der Waals surface area contributed by atoms with Crippen molar-refractivity contribution in [3.8, 4) is 5.88 Å². The second-order valence-electron chi connectivity index (χ2n) is 22.5. The number of anilines is 2. The molecule has 2 aromatic carbocycles. The zero-order valence-corrected chi connectivity index (χ0v) is 52.9. The summed E-state index contributed by atoms with van der Waals surface area (Å²) in [6.45, 7) is -3.78. The number of rotatable bonds is 23. The van der Waals surface area contributed by atoms with Gasteiger partial charge in [-0.1, -0.05) is 75.8 Å². The zero-order chi connectivity index (χ0) is 64.4. The molecular weight excluding hydrogens is 1250 g/mol. The van der Waals surface area contributed by atoms with Crippen LogP contribution in [0.15, 0.2) is 90.4 Å². The number of ketones is 1. The van der Waals surface area contributed by atoms with Gasteiger partial charge in [0.2, 0.25) is 29.5 Å². The van der Waals surface area contributed by atoms with E-state index in [1.165, 1.54) is 47.5 Å². The van der Waals surface area contributed by atoms with Gasteiger partial charge in [0, 0.05) is 81.3 Å². The van der Waals surface area contributed by atoms with Crippen LogP contribution in [0.4, 0.5) is 16.4 Å². The third-order valence-electron chi connectivity index (χ3n) is 15.3. The Bertz CT molecular complexity index is 3640. The second kappa shape index (κ2) is 29.9. The lowest BCUT2D eigenvalue weighted by atomic mass is 9.92. The molecule has 2 unspecified atom stereocenters. The number of Topliss-reactive ketones (excluding diaryl/α,β-unsaturated/α-hetero) is 1. The maximum absolute atomic E-state index is 14.0. The van der Waals surface area contributed by atoms with E-state index in [1.54, 1.807) is 75.4 Å². The molecule has 11 atom stereocenters. The van der Waals surface area contributed by atoms with E-state index in [4.69, 9.17) is 44.1 Å². The van der Waals surface area contributed by atoms with E-state index in [-0.39, 0.29) is 98.5 Å². The van der Waals surface area contributed by atoms with Crippen molar-refractivity contribution in [3.05, 3.63) is 113 Å². The summed E-state index contributed by atoms with van der Waals surface area (Å²) >= 11 is 9.61. The Kier molecular flexibility index (Phi) is 22.3. The molecule has 29 nitrogen and oxygen atoms in total. The lowest BCUT2D eigenvalue weighted by Crippen LogP contribution is -2.45. The number of unbranched alkanes of at least 4 members (excludes halogenated alkanes) is 2. The van der Waals surface area contributed by atoms with E-state index in [2.05, 4.69) is 53.1 Å². The van der Waals surface area contributed by atoms with Gasteiger partial charge >= 0.3 is 19.6 Å². The first-order chi connectivity index (χ1) is 42.9. The topological polar surface area (TPSA) is 374 Å². The molecule has 6 N–H and O–H groups in total. The molecule has 6 amide bonds. The van der Waals surface area contributed by atoms with Crippen molar-refractivity contribution in [2.24, 2.45) is 17.8 Å². The van der Waals surface area contributed by atoms with Crippen LogP contribution in [0.2, 0.25) is 0 Å². The SMILES string of the molecule is CC(C)[C@H](NC(=O)CCCCCN1C(=O)C=CC1=O)C(=O)C[C@@H](C)C(=O)Nc1ccc(COC(=O)N(C)Cc2ccccc2CC(=O)Nc2nc3c(ncn3[C@@H]3O[C@@H]4COP(O)(=S)O[C@H]5C[C@H](Oc6ccncn6)C[C@@H]5COP(=O)(S)O[C@@H]3[C@@H]4O)c(=O)[nH]2)cc1. The molecule has 3 fully saturated rings. The number of thiol groups is 1. The summed E-state index contributed by atoms with van der Waals surface area (Å²) in [5.74, 6) is -3.84. The standard InChI is InChI=1S/C57H69N11O18P2S2/c1-32(2)48(62-43(70)12-6-5-9-21-67-46(72)17-18-47(67)73)40(69)22-33(3)53(75)61-38-15-13-34(14-16-38)27-80-57(77)66(4)26-36-11-8-7-10-35(36)24-44(71)63-56-64-52-49(54(76)65-56)60-31-68(52)55-51-50(74)42(84-55)29-82-87(78,89)85-41-25-39(83-45-19-20-58-30-59-45)23-37(41)28-81-88(79,90)86-51/h7-8,10-11,13-20,30-33,37,39,41-42,48,50-51,55,74H,5-6,9,12,21-29H2,1-4H3,(H,61,75)(H,62,70)(H,78,89)(H,79,90)(H2,63,64,65,71,76)/t33-,37-,39-,41+,42-,48+,50-,51-,55-,87?,88?/m1/s1. The largest absolute Gasteiger partial charge is 0.474 e. The van der Waals surface area contributed by atoms with Crippen LogP contribution in [0.1, 0.15) is 88.6 Å². The summed E-state index contributed by atoms with van der Waals surface area (Å²) in [5.41, 5.74) is 1.04. The molecule has 6 heterocycles. The average Bonchev–Trinajstić information content (AvgIpc) is 1.62. The van der Waals surface area contributed by atoms with Gasteiger partial charge in [-0.15, -0.1) is 0 Å². The van der Waals surface area contributed by atoms with Gasteiger partial charge in [-0.2, -0.15) is 4.98 Å². The number of carbonyl (C=O) groups excluding carboxylic acids is 7. The molecule has 0 radical (unpaired) electrons. The van der Waals surface area contributed by atoms with Crippen LogP contribution < -0.4 is 26.2 Å². The number of imide groups is 1. The number of aliphatic hydroxyl groups excluding tert-OH is 1. The molecule has 5 aromatic rings. The highest BCUT2D eigenvalue weighted by atomic mass is 32.7. The quantitative estimate of drug-likeness (QED) is 0.0191. The second-order valence-corrected chi connectivity index (χ2v) is 28.1. The van der Waals surface area contributed by atoms with Crippen molar-refractivity contribution >= 4 is 102 Å².